The Bertz CT molecular complexity index is 221. The zero-order valence-electron chi connectivity index (χ0n) is 13.3. The molecule has 3 N–H and O–H groups in total. The number of nitrogens with two attached hydrogens (primary N) is 1. The molecule has 2 atom stereocenters. The molecule has 0 aromatic carbocycles. The number of unbranched alkanes of at least 4 members (excludes halogenated alkanes) is 1. The normalized spacial score (nSPS) is 27.5. The third-order valence-electron chi connectivity index (χ3n) is 4.90. The van der Waals surface area contributed by atoms with Crippen LogP contribution in [0.1, 0.15) is 72.1 Å². The van der Waals surface area contributed by atoms with E-state index < -0.39 is 0 Å². The molecule has 2 nitrogen and oxygen atoms in total. The van der Waals surface area contributed by atoms with Crippen molar-refractivity contribution in [2.24, 2.45) is 29.4 Å². The SMILES string of the molecule is CCCCC1CCC(C(O)C(CN)CC(C)C)CC1. The largest absolute Gasteiger partial charge is 0.393 e. The molecule has 1 aliphatic rings. The minimum atomic E-state index is -0.167. The lowest BCUT2D eigenvalue weighted by atomic mass is 9.74. The van der Waals surface area contributed by atoms with E-state index in [9.17, 15) is 5.11 Å². The molecule has 0 amide bonds. The Balaban J connectivity index is 2.36. The fourth-order valence-corrected chi connectivity index (χ4v) is 3.68. The highest BCUT2D eigenvalue weighted by atomic mass is 16.3. The van der Waals surface area contributed by atoms with Gasteiger partial charge >= 0.3 is 0 Å². The molecule has 1 saturated carbocycles. The number of hydrogen-bond donors (Lipinski definition) is 2. The molecule has 0 heterocycles. The quantitative estimate of drug-likeness (QED) is 0.700. The van der Waals surface area contributed by atoms with Gasteiger partial charge in [-0.2, -0.15) is 0 Å². The van der Waals surface area contributed by atoms with Crippen LogP contribution in [0.2, 0.25) is 0 Å². The van der Waals surface area contributed by atoms with Gasteiger partial charge in [0.25, 0.3) is 0 Å². The molecule has 2 unspecified atom stereocenters. The van der Waals surface area contributed by atoms with Crippen LogP contribution in [0.15, 0.2) is 0 Å². The Morgan fingerprint density at radius 1 is 1.16 bits per heavy atom. The maximum Gasteiger partial charge on any atom is 0.0608 e. The van der Waals surface area contributed by atoms with E-state index in [2.05, 4.69) is 20.8 Å². The molecule has 0 radical (unpaired) electrons. The topological polar surface area (TPSA) is 46.2 Å². The van der Waals surface area contributed by atoms with Gasteiger partial charge in [-0.25, -0.2) is 0 Å². The van der Waals surface area contributed by atoms with Crippen LogP contribution < -0.4 is 5.73 Å². The third kappa shape index (κ3) is 5.83. The first-order chi connectivity index (χ1) is 9.08. The van der Waals surface area contributed by atoms with Gasteiger partial charge in [0.05, 0.1) is 6.10 Å². The lowest BCUT2D eigenvalue weighted by Gasteiger charge is -2.35. The molecule has 0 saturated heterocycles. The number of aliphatic hydroxyl groups is 1. The summed E-state index contributed by atoms with van der Waals surface area (Å²) in [5.41, 5.74) is 5.86. The van der Waals surface area contributed by atoms with Gasteiger partial charge in [0, 0.05) is 0 Å². The van der Waals surface area contributed by atoms with Gasteiger partial charge in [-0.15, -0.1) is 0 Å². The molecule has 114 valence electrons. The Hall–Kier alpha value is -0.0800. The Morgan fingerprint density at radius 3 is 2.26 bits per heavy atom. The minimum absolute atomic E-state index is 0.167. The molecule has 0 spiro atoms. The summed E-state index contributed by atoms with van der Waals surface area (Å²) < 4.78 is 0. The molecule has 19 heavy (non-hydrogen) atoms. The van der Waals surface area contributed by atoms with E-state index >= 15 is 0 Å². The fraction of sp³-hybridized carbons (Fsp3) is 1.00. The molecular weight excluding hydrogens is 234 g/mol. The van der Waals surface area contributed by atoms with Gasteiger partial charge in [-0.3, -0.25) is 0 Å². The summed E-state index contributed by atoms with van der Waals surface area (Å²) in [6, 6.07) is 0. The lowest BCUT2D eigenvalue weighted by Crippen LogP contribution is -2.36. The van der Waals surface area contributed by atoms with Gasteiger partial charge in [0.2, 0.25) is 0 Å². The smallest absolute Gasteiger partial charge is 0.0608 e. The van der Waals surface area contributed by atoms with E-state index in [1.54, 1.807) is 0 Å². The summed E-state index contributed by atoms with van der Waals surface area (Å²) in [5, 5.41) is 10.6. The van der Waals surface area contributed by atoms with Crippen molar-refractivity contribution in [2.75, 3.05) is 6.54 Å². The summed E-state index contributed by atoms with van der Waals surface area (Å²) in [6.07, 6.45) is 10.0. The van der Waals surface area contributed by atoms with E-state index in [1.165, 1.54) is 44.9 Å². The van der Waals surface area contributed by atoms with Gasteiger partial charge in [-0.1, -0.05) is 52.9 Å². The van der Waals surface area contributed by atoms with Crippen molar-refractivity contribution in [1.29, 1.82) is 0 Å². The maximum atomic E-state index is 10.6. The molecule has 1 rings (SSSR count). The molecule has 1 aliphatic carbocycles. The Morgan fingerprint density at radius 2 is 1.79 bits per heavy atom. The summed E-state index contributed by atoms with van der Waals surface area (Å²) >= 11 is 0. The van der Waals surface area contributed by atoms with E-state index in [4.69, 9.17) is 5.73 Å². The van der Waals surface area contributed by atoms with E-state index in [0.717, 1.165) is 12.3 Å². The highest BCUT2D eigenvalue weighted by molar-refractivity contribution is 4.82. The first-order valence-electron chi connectivity index (χ1n) is 8.46. The summed E-state index contributed by atoms with van der Waals surface area (Å²) in [5.74, 6) is 2.36. The fourth-order valence-electron chi connectivity index (χ4n) is 3.68. The van der Waals surface area contributed by atoms with E-state index in [1.807, 2.05) is 0 Å². The van der Waals surface area contributed by atoms with Crippen LogP contribution in [0.5, 0.6) is 0 Å². The van der Waals surface area contributed by atoms with Crippen LogP contribution in [-0.2, 0) is 0 Å². The second kappa shape index (κ2) is 8.97. The molecule has 0 aliphatic heterocycles. The summed E-state index contributed by atoms with van der Waals surface area (Å²) in [7, 11) is 0. The van der Waals surface area contributed by atoms with Gasteiger partial charge < -0.3 is 10.8 Å². The average molecular weight is 269 g/mol. The lowest BCUT2D eigenvalue weighted by molar-refractivity contribution is 0.0207. The third-order valence-corrected chi connectivity index (χ3v) is 4.90. The average Bonchev–Trinajstić information content (AvgIpc) is 2.42. The molecule has 0 aromatic rings. The van der Waals surface area contributed by atoms with Crippen molar-refractivity contribution in [2.45, 2.75) is 78.2 Å². The van der Waals surface area contributed by atoms with Gasteiger partial charge in [-0.05, 0) is 49.5 Å². The van der Waals surface area contributed by atoms with Crippen molar-refractivity contribution in [3.05, 3.63) is 0 Å². The van der Waals surface area contributed by atoms with Crippen molar-refractivity contribution in [1.82, 2.24) is 0 Å². The molecule has 0 aromatic heterocycles. The number of hydrogen-bond acceptors (Lipinski definition) is 2. The van der Waals surface area contributed by atoms with Crippen LogP contribution in [0.4, 0.5) is 0 Å². The van der Waals surface area contributed by atoms with Gasteiger partial charge in [0.15, 0.2) is 0 Å². The number of aliphatic hydroxyl groups excluding tert-OH is 1. The van der Waals surface area contributed by atoms with Crippen LogP contribution >= 0.6 is 0 Å². The van der Waals surface area contributed by atoms with Crippen LogP contribution in [0, 0.1) is 23.7 Å². The minimum Gasteiger partial charge on any atom is -0.393 e. The maximum absolute atomic E-state index is 10.6. The first kappa shape index (κ1) is 17.0. The Kier molecular flexibility index (Phi) is 8.01. The van der Waals surface area contributed by atoms with Crippen LogP contribution in [0.3, 0.4) is 0 Å². The summed E-state index contributed by atoms with van der Waals surface area (Å²) in [6.45, 7) is 7.34. The van der Waals surface area contributed by atoms with Crippen molar-refractivity contribution >= 4 is 0 Å². The van der Waals surface area contributed by atoms with E-state index in [0.29, 0.717) is 24.3 Å². The second-order valence-electron chi connectivity index (χ2n) is 7.04. The van der Waals surface area contributed by atoms with Crippen LogP contribution in [-0.4, -0.2) is 17.8 Å². The highest BCUT2D eigenvalue weighted by Crippen LogP contribution is 2.36. The highest BCUT2D eigenvalue weighted by Gasteiger charge is 2.30. The predicted molar refractivity (Wildman–Crippen MR) is 83.0 cm³/mol. The summed E-state index contributed by atoms with van der Waals surface area (Å²) in [4.78, 5) is 0. The standard InChI is InChI=1S/C17H35NO/c1-4-5-6-14-7-9-15(10-8-14)17(19)16(12-18)11-13(2)3/h13-17,19H,4-12,18H2,1-3H3. The second-order valence-corrected chi connectivity index (χ2v) is 7.04. The number of rotatable bonds is 8. The molecule has 0 bridgehead atoms. The molecule has 2 heteroatoms. The van der Waals surface area contributed by atoms with Crippen molar-refractivity contribution in [3.63, 3.8) is 0 Å². The zero-order chi connectivity index (χ0) is 14.3. The molecule has 1 fully saturated rings. The zero-order valence-corrected chi connectivity index (χ0v) is 13.3. The molecular formula is C17H35NO. The van der Waals surface area contributed by atoms with Crippen molar-refractivity contribution < 1.29 is 5.11 Å². The van der Waals surface area contributed by atoms with E-state index in [-0.39, 0.29) is 6.10 Å². The van der Waals surface area contributed by atoms with Crippen LogP contribution in [0.25, 0.3) is 0 Å². The first-order valence-corrected chi connectivity index (χ1v) is 8.46. The van der Waals surface area contributed by atoms with Gasteiger partial charge in [0.1, 0.15) is 0 Å². The predicted octanol–water partition coefficient (Wildman–Crippen LogP) is 3.96. The monoisotopic (exact) mass is 269 g/mol. The van der Waals surface area contributed by atoms with Crippen molar-refractivity contribution in [3.8, 4) is 0 Å². The Labute approximate surface area is 120 Å².